The molecule has 156 valence electrons. The summed E-state index contributed by atoms with van der Waals surface area (Å²) in [4.78, 5) is 23.9. The van der Waals surface area contributed by atoms with Gasteiger partial charge in [-0.2, -0.15) is 0 Å². The van der Waals surface area contributed by atoms with Gasteiger partial charge in [0, 0.05) is 29.5 Å². The van der Waals surface area contributed by atoms with E-state index >= 15 is 0 Å². The molecule has 0 fully saturated rings. The Hall–Kier alpha value is -3.02. The van der Waals surface area contributed by atoms with E-state index in [1.165, 1.54) is 0 Å². The fraction of sp³-hybridized carbons (Fsp3) is 0.391. The molecule has 0 aromatic heterocycles. The van der Waals surface area contributed by atoms with Crippen LogP contribution in [0.1, 0.15) is 39.2 Å². The van der Waals surface area contributed by atoms with Crippen LogP contribution in [0.15, 0.2) is 42.5 Å². The molecule has 6 nitrogen and oxygen atoms in total. The molecular weight excluding hydrogens is 366 g/mol. The van der Waals surface area contributed by atoms with E-state index in [9.17, 15) is 9.59 Å². The Labute approximate surface area is 173 Å². The van der Waals surface area contributed by atoms with E-state index in [0.717, 1.165) is 23.4 Å². The lowest BCUT2D eigenvalue weighted by molar-refractivity contribution is -0.116. The number of anilines is 3. The van der Waals surface area contributed by atoms with Gasteiger partial charge in [-0.05, 0) is 49.1 Å². The molecule has 0 bridgehead atoms. The Morgan fingerprint density at radius 1 is 1.00 bits per heavy atom. The number of rotatable bonds is 10. The Bertz CT molecular complexity index is 834. The molecule has 6 heteroatoms. The van der Waals surface area contributed by atoms with Crippen molar-refractivity contribution in [2.45, 2.75) is 40.5 Å². The Balaban J connectivity index is 1.88. The van der Waals surface area contributed by atoms with Gasteiger partial charge in [0.1, 0.15) is 5.75 Å². The summed E-state index contributed by atoms with van der Waals surface area (Å²) in [5.74, 6) is 1.14. The minimum Gasteiger partial charge on any atom is -0.494 e. The number of amides is 2. The molecule has 2 rings (SSSR count). The highest BCUT2D eigenvalue weighted by atomic mass is 16.5. The van der Waals surface area contributed by atoms with Crippen molar-refractivity contribution in [2.24, 2.45) is 5.92 Å². The summed E-state index contributed by atoms with van der Waals surface area (Å²) in [7, 11) is 0. The number of carbonyl (C=O) groups is 2. The van der Waals surface area contributed by atoms with Crippen LogP contribution in [-0.2, 0) is 9.59 Å². The van der Waals surface area contributed by atoms with Crippen molar-refractivity contribution in [2.75, 3.05) is 29.1 Å². The van der Waals surface area contributed by atoms with Crippen molar-refractivity contribution < 1.29 is 14.3 Å². The van der Waals surface area contributed by atoms with Crippen LogP contribution in [0.4, 0.5) is 17.1 Å². The summed E-state index contributed by atoms with van der Waals surface area (Å²) in [6.07, 6.45) is 1.40. The normalized spacial score (nSPS) is 10.5. The van der Waals surface area contributed by atoms with Crippen LogP contribution in [0.3, 0.4) is 0 Å². The van der Waals surface area contributed by atoms with E-state index in [0.29, 0.717) is 30.3 Å². The third-order valence-corrected chi connectivity index (χ3v) is 4.37. The zero-order chi connectivity index (χ0) is 21.2. The summed E-state index contributed by atoms with van der Waals surface area (Å²) in [6, 6.07) is 13.0. The Morgan fingerprint density at radius 3 is 2.52 bits per heavy atom. The lowest BCUT2D eigenvalue weighted by atomic mass is 10.1. The van der Waals surface area contributed by atoms with Gasteiger partial charge in [0.05, 0.1) is 13.2 Å². The van der Waals surface area contributed by atoms with Crippen LogP contribution in [0.25, 0.3) is 0 Å². The van der Waals surface area contributed by atoms with Gasteiger partial charge in [-0.3, -0.25) is 9.59 Å². The van der Waals surface area contributed by atoms with Crippen molar-refractivity contribution in [3.8, 4) is 5.75 Å². The first-order chi connectivity index (χ1) is 13.9. The summed E-state index contributed by atoms with van der Waals surface area (Å²) < 4.78 is 5.75. The van der Waals surface area contributed by atoms with Crippen LogP contribution in [0.5, 0.6) is 5.75 Å². The average molecular weight is 398 g/mol. The van der Waals surface area contributed by atoms with Crippen molar-refractivity contribution >= 4 is 28.9 Å². The van der Waals surface area contributed by atoms with Gasteiger partial charge < -0.3 is 20.7 Å². The topological polar surface area (TPSA) is 79.5 Å². The maximum atomic E-state index is 12.3. The van der Waals surface area contributed by atoms with Crippen molar-refractivity contribution in [1.82, 2.24) is 0 Å². The van der Waals surface area contributed by atoms with Gasteiger partial charge in [0.25, 0.3) is 0 Å². The number of ether oxygens (including phenoxy) is 1. The monoisotopic (exact) mass is 397 g/mol. The molecule has 0 spiro atoms. The molecule has 29 heavy (non-hydrogen) atoms. The van der Waals surface area contributed by atoms with E-state index in [-0.39, 0.29) is 18.4 Å². The van der Waals surface area contributed by atoms with Crippen LogP contribution in [0.2, 0.25) is 0 Å². The largest absolute Gasteiger partial charge is 0.494 e. The van der Waals surface area contributed by atoms with E-state index in [2.05, 4.69) is 29.8 Å². The smallest absolute Gasteiger partial charge is 0.243 e. The van der Waals surface area contributed by atoms with Gasteiger partial charge in [-0.25, -0.2) is 0 Å². The molecular formula is C23H31N3O3. The number of hydrogen-bond acceptors (Lipinski definition) is 4. The van der Waals surface area contributed by atoms with Crippen molar-refractivity contribution in [3.63, 3.8) is 0 Å². The van der Waals surface area contributed by atoms with Gasteiger partial charge in [-0.15, -0.1) is 0 Å². The van der Waals surface area contributed by atoms with Crippen LogP contribution < -0.4 is 20.7 Å². The molecule has 0 atom stereocenters. The maximum absolute atomic E-state index is 12.3. The molecule has 2 aromatic carbocycles. The van der Waals surface area contributed by atoms with E-state index < -0.39 is 0 Å². The molecule has 2 aromatic rings. The minimum atomic E-state index is -0.173. The zero-order valence-electron chi connectivity index (χ0n) is 17.7. The average Bonchev–Trinajstić information content (AvgIpc) is 2.69. The second-order valence-electron chi connectivity index (χ2n) is 7.39. The third-order valence-electron chi connectivity index (χ3n) is 4.37. The van der Waals surface area contributed by atoms with E-state index in [1.807, 2.05) is 43.3 Å². The predicted octanol–water partition coefficient (Wildman–Crippen LogP) is 4.82. The first-order valence-corrected chi connectivity index (χ1v) is 10.0. The van der Waals surface area contributed by atoms with Crippen LogP contribution in [0, 0.1) is 12.8 Å². The molecule has 0 aliphatic rings. The quantitative estimate of drug-likeness (QED) is 0.537. The second-order valence-corrected chi connectivity index (χ2v) is 7.39. The summed E-state index contributed by atoms with van der Waals surface area (Å²) >= 11 is 0. The summed E-state index contributed by atoms with van der Waals surface area (Å²) in [5.41, 5.74) is 3.10. The molecule has 0 aliphatic carbocycles. The first-order valence-electron chi connectivity index (χ1n) is 10.0. The van der Waals surface area contributed by atoms with Gasteiger partial charge in [-0.1, -0.05) is 32.9 Å². The fourth-order valence-electron chi connectivity index (χ4n) is 2.57. The van der Waals surface area contributed by atoms with Crippen LogP contribution in [-0.4, -0.2) is 25.0 Å². The molecule has 0 radical (unpaired) electrons. The molecule has 0 unspecified atom stereocenters. The van der Waals surface area contributed by atoms with Gasteiger partial charge in [0.2, 0.25) is 11.8 Å². The molecule has 0 saturated carbocycles. The van der Waals surface area contributed by atoms with Gasteiger partial charge >= 0.3 is 0 Å². The lowest BCUT2D eigenvalue weighted by Crippen LogP contribution is -2.22. The number of benzene rings is 2. The summed E-state index contributed by atoms with van der Waals surface area (Å²) in [6.45, 7) is 8.83. The Kier molecular flexibility index (Phi) is 8.52. The standard InChI is InChI=1S/C23H31N3O3/c1-5-22(27)26-21-14-19(10-9-17(21)4)25-23(28)15-24-18-7-6-8-20(13-18)29-12-11-16(2)3/h6-10,13-14,16,24H,5,11-12,15H2,1-4H3,(H,25,28)(H,26,27). The highest BCUT2D eigenvalue weighted by Gasteiger charge is 2.07. The summed E-state index contributed by atoms with van der Waals surface area (Å²) in [5, 5.41) is 8.80. The van der Waals surface area contributed by atoms with Crippen LogP contribution >= 0.6 is 0 Å². The highest BCUT2D eigenvalue weighted by Crippen LogP contribution is 2.21. The number of carbonyl (C=O) groups excluding carboxylic acids is 2. The molecule has 0 aliphatic heterocycles. The predicted molar refractivity (Wildman–Crippen MR) is 119 cm³/mol. The van der Waals surface area contributed by atoms with E-state index in [1.54, 1.807) is 13.0 Å². The highest BCUT2D eigenvalue weighted by molar-refractivity contribution is 5.96. The SMILES string of the molecule is CCC(=O)Nc1cc(NC(=O)CNc2cccc(OCCC(C)C)c2)ccc1C. The second kappa shape index (κ2) is 11.1. The molecule has 0 saturated heterocycles. The molecule has 2 amide bonds. The number of aryl methyl sites for hydroxylation is 1. The zero-order valence-corrected chi connectivity index (χ0v) is 17.7. The number of hydrogen-bond donors (Lipinski definition) is 3. The van der Waals surface area contributed by atoms with Gasteiger partial charge in [0.15, 0.2) is 0 Å². The fourth-order valence-corrected chi connectivity index (χ4v) is 2.57. The Morgan fingerprint density at radius 2 is 1.79 bits per heavy atom. The molecule has 0 heterocycles. The third kappa shape index (κ3) is 7.86. The molecule has 3 N–H and O–H groups in total. The van der Waals surface area contributed by atoms with Crippen molar-refractivity contribution in [3.05, 3.63) is 48.0 Å². The maximum Gasteiger partial charge on any atom is 0.243 e. The number of nitrogens with one attached hydrogen (secondary N) is 3. The minimum absolute atomic E-state index is 0.0614. The first kappa shape index (κ1) is 22.3. The lowest BCUT2D eigenvalue weighted by Gasteiger charge is -2.13. The van der Waals surface area contributed by atoms with Crippen molar-refractivity contribution in [1.29, 1.82) is 0 Å². The van der Waals surface area contributed by atoms with E-state index in [4.69, 9.17) is 4.74 Å².